The molecule has 0 unspecified atom stereocenters. The molecule has 0 atom stereocenters. The van der Waals surface area contributed by atoms with E-state index < -0.39 is 0 Å². The SMILES string of the molecule is Cc1cc(OCC(=O)CC23CC(NC(=O)c4cn5ccsc5n4)(C2)C3)ccc1Cl. The second kappa shape index (κ2) is 6.57. The maximum absolute atomic E-state index is 12.5. The Morgan fingerprint density at radius 3 is 2.86 bits per heavy atom. The molecule has 3 fully saturated rings. The molecule has 3 aromatic rings. The average molecular weight is 430 g/mol. The van der Waals surface area contributed by atoms with Crippen LogP contribution in [-0.2, 0) is 4.79 Å². The maximum Gasteiger partial charge on any atom is 0.271 e. The lowest BCUT2D eigenvalue weighted by atomic mass is 9.38. The number of aromatic nitrogens is 2. The molecule has 6 nitrogen and oxygen atoms in total. The minimum Gasteiger partial charge on any atom is -0.486 e. The number of fused-ring (bicyclic) bond motifs is 1. The molecule has 8 heteroatoms. The lowest BCUT2D eigenvalue weighted by Gasteiger charge is -2.70. The van der Waals surface area contributed by atoms with E-state index in [1.54, 1.807) is 18.3 Å². The van der Waals surface area contributed by atoms with Gasteiger partial charge in [-0.1, -0.05) is 11.6 Å². The standard InChI is InChI=1S/C21H20ClN3O3S/c1-13-6-15(2-3-16(13)22)28-9-14(26)7-20-10-21(11-20,12-20)24-18(27)17-8-25-4-5-29-19(25)23-17/h2-6,8H,7,9-12H2,1H3,(H,24,27). The molecule has 150 valence electrons. The highest BCUT2D eigenvalue weighted by atomic mass is 35.5. The molecule has 3 aliphatic carbocycles. The molecule has 2 heterocycles. The number of ether oxygens (including phenoxy) is 1. The number of nitrogens with zero attached hydrogens (tertiary/aromatic N) is 2. The van der Waals surface area contributed by atoms with Crippen LogP contribution < -0.4 is 10.1 Å². The van der Waals surface area contributed by atoms with E-state index in [9.17, 15) is 9.59 Å². The minimum absolute atomic E-state index is 0.0260. The first-order valence-corrected chi connectivity index (χ1v) is 10.8. The van der Waals surface area contributed by atoms with Gasteiger partial charge in [-0.15, -0.1) is 11.3 Å². The van der Waals surface area contributed by atoms with Crippen molar-refractivity contribution in [2.45, 2.75) is 38.1 Å². The van der Waals surface area contributed by atoms with E-state index in [1.165, 1.54) is 11.3 Å². The lowest BCUT2D eigenvalue weighted by molar-refractivity contribution is -0.162. The van der Waals surface area contributed by atoms with Gasteiger partial charge in [0.25, 0.3) is 5.91 Å². The zero-order chi connectivity index (χ0) is 20.2. The second-order valence-corrected chi connectivity index (χ2v) is 9.68. The van der Waals surface area contributed by atoms with Crippen molar-refractivity contribution in [3.05, 3.63) is 52.3 Å². The van der Waals surface area contributed by atoms with Crippen LogP contribution in [0, 0.1) is 12.3 Å². The van der Waals surface area contributed by atoms with E-state index in [4.69, 9.17) is 16.3 Å². The van der Waals surface area contributed by atoms with Gasteiger partial charge < -0.3 is 10.1 Å². The summed E-state index contributed by atoms with van der Waals surface area (Å²) in [5.74, 6) is 0.607. The fraction of sp³-hybridized carbons (Fsp3) is 0.381. The number of rotatable bonds is 7. The van der Waals surface area contributed by atoms with E-state index in [-0.39, 0.29) is 29.3 Å². The third kappa shape index (κ3) is 3.32. The van der Waals surface area contributed by atoms with Crippen LogP contribution in [0.2, 0.25) is 5.02 Å². The molecule has 2 bridgehead atoms. The fourth-order valence-corrected chi connectivity index (χ4v) is 5.62. The van der Waals surface area contributed by atoms with Crippen LogP contribution in [0.5, 0.6) is 5.75 Å². The van der Waals surface area contributed by atoms with Gasteiger partial charge in [0.2, 0.25) is 0 Å². The van der Waals surface area contributed by atoms with E-state index in [1.807, 2.05) is 29.0 Å². The number of benzene rings is 1. The summed E-state index contributed by atoms with van der Waals surface area (Å²) < 4.78 is 7.47. The monoisotopic (exact) mass is 429 g/mol. The number of amides is 1. The molecule has 29 heavy (non-hydrogen) atoms. The predicted octanol–water partition coefficient (Wildman–Crippen LogP) is 4.05. The number of hydrogen-bond donors (Lipinski definition) is 1. The summed E-state index contributed by atoms with van der Waals surface area (Å²) in [5, 5.41) is 5.74. The third-order valence-corrected chi connectivity index (χ3v) is 7.14. The van der Waals surface area contributed by atoms with E-state index >= 15 is 0 Å². The number of carbonyl (C=O) groups is 2. The molecule has 6 rings (SSSR count). The molecule has 0 radical (unpaired) electrons. The Morgan fingerprint density at radius 1 is 1.34 bits per heavy atom. The molecular formula is C21H20ClN3O3S. The molecule has 1 aromatic carbocycles. The largest absolute Gasteiger partial charge is 0.486 e. The zero-order valence-electron chi connectivity index (χ0n) is 15.9. The number of hydrogen-bond acceptors (Lipinski definition) is 5. The zero-order valence-corrected chi connectivity index (χ0v) is 17.5. The number of aryl methyl sites for hydroxylation is 1. The number of imidazole rings is 1. The van der Waals surface area contributed by atoms with Gasteiger partial charge in [0.05, 0.1) is 0 Å². The van der Waals surface area contributed by atoms with Gasteiger partial charge in [0.1, 0.15) is 18.1 Å². The van der Waals surface area contributed by atoms with Gasteiger partial charge >= 0.3 is 0 Å². The second-order valence-electron chi connectivity index (χ2n) is 8.40. The summed E-state index contributed by atoms with van der Waals surface area (Å²) in [6, 6.07) is 5.38. The van der Waals surface area contributed by atoms with Crippen LogP contribution in [-0.4, -0.2) is 33.2 Å². The van der Waals surface area contributed by atoms with Gasteiger partial charge in [-0.3, -0.25) is 14.0 Å². The summed E-state index contributed by atoms with van der Waals surface area (Å²) >= 11 is 7.51. The van der Waals surface area contributed by atoms with Crippen LogP contribution in [0.25, 0.3) is 4.96 Å². The lowest BCUT2D eigenvalue weighted by Crippen LogP contribution is -2.75. The number of carbonyl (C=O) groups excluding carboxylic acids is 2. The van der Waals surface area contributed by atoms with Crippen molar-refractivity contribution in [2.75, 3.05) is 6.61 Å². The highest BCUT2D eigenvalue weighted by Crippen LogP contribution is 2.69. The Kier molecular flexibility index (Phi) is 4.22. The molecule has 3 aliphatic rings. The van der Waals surface area contributed by atoms with Crippen LogP contribution in [0.3, 0.4) is 0 Å². The molecule has 0 saturated heterocycles. The molecule has 0 spiro atoms. The van der Waals surface area contributed by atoms with Crippen molar-refractivity contribution in [1.29, 1.82) is 0 Å². The number of nitrogens with one attached hydrogen (secondary N) is 1. The first-order valence-electron chi connectivity index (χ1n) is 9.51. The van der Waals surface area contributed by atoms with Crippen molar-refractivity contribution in [3.63, 3.8) is 0 Å². The van der Waals surface area contributed by atoms with Gasteiger partial charge in [0, 0.05) is 34.8 Å². The van der Waals surface area contributed by atoms with Crippen molar-refractivity contribution >= 4 is 39.6 Å². The fourth-order valence-electron chi connectivity index (χ4n) is 4.80. The summed E-state index contributed by atoms with van der Waals surface area (Å²) in [4.78, 5) is 30.0. The molecule has 1 N–H and O–H groups in total. The summed E-state index contributed by atoms with van der Waals surface area (Å²) in [6.45, 7) is 1.97. The van der Waals surface area contributed by atoms with Crippen LogP contribution in [0.4, 0.5) is 0 Å². The number of halogens is 1. The van der Waals surface area contributed by atoms with Gasteiger partial charge in [0.15, 0.2) is 10.7 Å². The average Bonchev–Trinajstić information content (AvgIpc) is 3.21. The molecule has 0 aliphatic heterocycles. The van der Waals surface area contributed by atoms with Crippen molar-refractivity contribution in [1.82, 2.24) is 14.7 Å². The summed E-state index contributed by atoms with van der Waals surface area (Å²) in [6.07, 6.45) is 6.68. The molecule has 1 amide bonds. The topological polar surface area (TPSA) is 72.7 Å². The van der Waals surface area contributed by atoms with Crippen LogP contribution in [0.15, 0.2) is 36.0 Å². The summed E-state index contributed by atoms with van der Waals surface area (Å²) in [7, 11) is 0. The van der Waals surface area contributed by atoms with Crippen molar-refractivity contribution < 1.29 is 14.3 Å². The number of Topliss-reactive ketones (excluding diaryl/α,β-unsaturated/α-hetero) is 1. The Hall–Kier alpha value is -2.38. The highest BCUT2D eigenvalue weighted by Gasteiger charge is 2.68. The molecular weight excluding hydrogens is 410 g/mol. The predicted molar refractivity (Wildman–Crippen MR) is 111 cm³/mol. The third-order valence-electron chi connectivity index (χ3n) is 5.95. The normalized spacial score (nSPS) is 24.6. The Labute approximate surface area is 176 Å². The van der Waals surface area contributed by atoms with Crippen LogP contribution >= 0.6 is 22.9 Å². The van der Waals surface area contributed by atoms with Crippen molar-refractivity contribution in [3.8, 4) is 5.75 Å². The minimum atomic E-state index is -0.164. The Morgan fingerprint density at radius 2 is 2.14 bits per heavy atom. The van der Waals surface area contributed by atoms with Gasteiger partial charge in [-0.2, -0.15) is 0 Å². The Balaban J connectivity index is 1.11. The number of thiazole rings is 1. The van der Waals surface area contributed by atoms with E-state index in [0.29, 0.717) is 22.9 Å². The van der Waals surface area contributed by atoms with Gasteiger partial charge in [-0.05, 0) is 55.4 Å². The first-order chi connectivity index (χ1) is 13.9. The van der Waals surface area contributed by atoms with Crippen molar-refractivity contribution in [2.24, 2.45) is 5.41 Å². The van der Waals surface area contributed by atoms with E-state index in [0.717, 1.165) is 29.8 Å². The quantitative estimate of drug-likeness (QED) is 0.615. The molecule has 3 saturated carbocycles. The molecule has 2 aromatic heterocycles. The smallest absolute Gasteiger partial charge is 0.271 e. The van der Waals surface area contributed by atoms with Gasteiger partial charge in [-0.25, -0.2) is 4.98 Å². The summed E-state index contributed by atoms with van der Waals surface area (Å²) in [5.41, 5.74) is 1.23. The maximum atomic E-state index is 12.5. The highest BCUT2D eigenvalue weighted by molar-refractivity contribution is 7.15. The Bertz CT molecular complexity index is 1090. The first kappa shape index (κ1) is 18.6. The van der Waals surface area contributed by atoms with E-state index in [2.05, 4.69) is 10.3 Å². The van der Waals surface area contributed by atoms with Crippen LogP contribution in [0.1, 0.15) is 41.7 Å². The number of ketones is 1.